The van der Waals surface area contributed by atoms with E-state index >= 15 is 0 Å². The predicted octanol–water partition coefficient (Wildman–Crippen LogP) is 3.30. The molecule has 1 atom stereocenters. The average Bonchev–Trinajstić information content (AvgIpc) is 2.44. The molecule has 1 aromatic carbocycles. The van der Waals surface area contributed by atoms with Crippen LogP contribution in [-0.4, -0.2) is 29.0 Å². The number of aliphatic hydroxyl groups is 2. The maximum absolute atomic E-state index is 10.6. The summed E-state index contributed by atoms with van der Waals surface area (Å²) in [4.78, 5) is 0. The topological polar surface area (TPSA) is 49.7 Å². The Morgan fingerprint density at radius 3 is 2.65 bits per heavy atom. The Hall–Kier alpha value is -0.580. The molecule has 0 spiro atoms. The Balaban J connectivity index is 2.09. The summed E-state index contributed by atoms with van der Waals surface area (Å²) in [6.45, 7) is 2.20. The van der Waals surface area contributed by atoms with Crippen molar-refractivity contribution in [3.8, 4) is 5.75 Å². The fourth-order valence-electron chi connectivity index (χ4n) is 2.83. The van der Waals surface area contributed by atoms with Gasteiger partial charge in [0.15, 0.2) is 0 Å². The molecular formula is C16H23BrO3. The van der Waals surface area contributed by atoms with Gasteiger partial charge in [0.05, 0.1) is 18.8 Å². The molecule has 1 unspecified atom stereocenters. The van der Waals surface area contributed by atoms with Crippen LogP contribution in [0.15, 0.2) is 22.7 Å². The lowest BCUT2D eigenvalue weighted by Crippen LogP contribution is -2.46. The van der Waals surface area contributed by atoms with Crippen LogP contribution in [0.5, 0.6) is 5.75 Å². The lowest BCUT2D eigenvalue weighted by molar-refractivity contribution is -0.102. The third kappa shape index (κ3) is 3.54. The maximum Gasteiger partial charge on any atom is 0.119 e. The van der Waals surface area contributed by atoms with Gasteiger partial charge in [0, 0.05) is 10.9 Å². The van der Waals surface area contributed by atoms with E-state index in [4.69, 9.17) is 4.74 Å². The first-order valence-electron chi connectivity index (χ1n) is 7.17. The average molecular weight is 343 g/mol. The van der Waals surface area contributed by atoms with Gasteiger partial charge in [0.25, 0.3) is 0 Å². The molecule has 4 heteroatoms. The van der Waals surface area contributed by atoms with Crippen LogP contribution in [0.1, 0.15) is 38.2 Å². The smallest absolute Gasteiger partial charge is 0.119 e. The van der Waals surface area contributed by atoms with Gasteiger partial charge in [-0.1, -0.05) is 22.9 Å². The molecule has 0 amide bonds. The second-order valence-corrected chi connectivity index (χ2v) is 6.82. The Morgan fingerprint density at radius 1 is 1.40 bits per heavy atom. The van der Waals surface area contributed by atoms with Crippen molar-refractivity contribution in [1.29, 1.82) is 0 Å². The second kappa shape index (κ2) is 6.46. The standard InChI is InChI=1S/C16H23BrO3/c1-11-5-7-16(19,8-6-11)15(18)10-12-9-13(20-2)3-4-14(12)17/h3-4,9,11,15,18-19H,5-8,10H2,1-2H3. The molecule has 0 saturated heterocycles. The van der Waals surface area contributed by atoms with Crippen molar-refractivity contribution >= 4 is 15.9 Å². The molecule has 1 aliphatic carbocycles. The third-order valence-electron chi connectivity index (χ3n) is 4.43. The van der Waals surface area contributed by atoms with Crippen LogP contribution in [0.25, 0.3) is 0 Å². The van der Waals surface area contributed by atoms with E-state index in [1.54, 1.807) is 7.11 Å². The van der Waals surface area contributed by atoms with Crippen LogP contribution in [0.2, 0.25) is 0 Å². The SMILES string of the molecule is COc1ccc(Br)c(CC(O)C2(O)CCC(C)CC2)c1. The molecule has 112 valence electrons. The molecule has 1 saturated carbocycles. The normalized spacial score (nSPS) is 28.1. The molecule has 0 bridgehead atoms. The van der Waals surface area contributed by atoms with Crippen LogP contribution in [0.3, 0.4) is 0 Å². The van der Waals surface area contributed by atoms with E-state index in [0.717, 1.165) is 28.6 Å². The minimum absolute atomic E-state index is 0.433. The summed E-state index contributed by atoms with van der Waals surface area (Å²) in [6, 6.07) is 5.69. The molecule has 20 heavy (non-hydrogen) atoms. The van der Waals surface area contributed by atoms with Crippen molar-refractivity contribution in [3.05, 3.63) is 28.2 Å². The molecular weight excluding hydrogens is 320 g/mol. The van der Waals surface area contributed by atoms with Gasteiger partial charge in [-0.25, -0.2) is 0 Å². The number of aliphatic hydroxyl groups excluding tert-OH is 1. The fraction of sp³-hybridized carbons (Fsp3) is 0.625. The monoisotopic (exact) mass is 342 g/mol. The summed E-state index contributed by atoms with van der Waals surface area (Å²) in [7, 11) is 1.62. The predicted molar refractivity (Wildman–Crippen MR) is 83.0 cm³/mol. The highest BCUT2D eigenvalue weighted by molar-refractivity contribution is 9.10. The summed E-state index contributed by atoms with van der Waals surface area (Å²) in [6.07, 6.45) is 3.01. The highest BCUT2D eigenvalue weighted by Crippen LogP contribution is 2.36. The van der Waals surface area contributed by atoms with Crippen LogP contribution in [0, 0.1) is 5.92 Å². The number of benzene rings is 1. The summed E-state index contributed by atoms with van der Waals surface area (Å²) in [5.41, 5.74) is 0.0126. The number of ether oxygens (including phenoxy) is 1. The zero-order chi connectivity index (χ0) is 14.8. The van der Waals surface area contributed by atoms with Gasteiger partial charge in [-0.15, -0.1) is 0 Å². The molecule has 2 rings (SSSR count). The Morgan fingerprint density at radius 2 is 2.05 bits per heavy atom. The molecule has 0 radical (unpaired) electrons. The molecule has 0 heterocycles. The van der Waals surface area contributed by atoms with Crippen molar-refractivity contribution in [2.45, 2.75) is 50.7 Å². The van der Waals surface area contributed by atoms with Gasteiger partial charge < -0.3 is 14.9 Å². The van der Waals surface area contributed by atoms with Crippen LogP contribution >= 0.6 is 15.9 Å². The van der Waals surface area contributed by atoms with Crippen molar-refractivity contribution in [3.63, 3.8) is 0 Å². The number of hydrogen-bond acceptors (Lipinski definition) is 3. The quantitative estimate of drug-likeness (QED) is 0.882. The fourth-order valence-corrected chi connectivity index (χ4v) is 3.24. The van der Waals surface area contributed by atoms with Crippen molar-refractivity contribution in [2.75, 3.05) is 7.11 Å². The van der Waals surface area contributed by atoms with Crippen LogP contribution < -0.4 is 4.74 Å². The van der Waals surface area contributed by atoms with Crippen molar-refractivity contribution in [1.82, 2.24) is 0 Å². The summed E-state index contributed by atoms with van der Waals surface area (Å²) in [5.74, 6) is 1.41. The summed E-state index contributed by atoms with van der Waals surface area (Å²) in [5, 5.41) is 21.1. The first kappa shape index (κ1) is 15.8. The third-order valence-corrected chi connectivity index (χ3v) is 5.20. The highest BCUT2D eigenvalue weighted by atomic mass is 79.9. The van der Waals surface area contributed by atoms with E-state index in [1.165, 1.54) is 0 Å². The number of rotatable bonds is 4. The Bertz CT molecular complexity index is 453. The van der Waals surface area contributed by atoms with Crippen molar-refractivity contribution < 1.29 is 14.9 Å². The van der Waals surface area contributed by atoms with Gasteiger partial charge in [0.2, 0.25) is 0 Å². The van der Waals surface area contributed by atoms with E-state index in [1.807, 2.05) is 18.2 Å². The minimum Gasteiger partial charge on any atom is -0.497 e. The molecule has 2 N–H and O–H groups in total. The van der Waals surface area contributed by atoms with Gasteiger partial charge in [-0.05, 0) is 55.4 Å². The zero-order valence-electron chi connectivity index (χ0n) is 12.1. The first-order chi connectivity index (χ1) is 9.44. The molecule has 1 fully saturated rings. The van der Waals surface area contributed by atoms with E-state index in [0.29, 0.717) is 25.2 Å². The molecule has 1 aliphatic rings. The van der Waals surface area contributed by atoms with Gasteiger partial charge >= 0.3 is 0 Å². The van der Waals surface area contributed by atoms with E-state index in [2.05, 4.69) is 22.9 Å². The van der Waals surface area contributed by atoms with Gasteiger partial charge in [0.1, 0.15) is 5.75 Å². The van der Waals surface area contributed by atoms with Gasteiger partial charge in [-0.3, -0.25) is 0 Å². The first-order valence-corrected chi connectivity index (χ1v) is 7.97. The Kier molecular flexibility index (Phi) is 5.10. The van der Waals surface area contributed by atoms with E-state index in [-0.39, 0.29) is 0 Å². The number of methoxy groups -OCH3 is 1. The molecule has 0 aliphatic heterocycles. The zero-order valence-corrected chi connectivity index (χ0v) is 13.7. The lowest BCUT2D eigenvalue weighted by Gasteiger charge is -2.38. The van der Waals surface area contributed by atoms with Crippen molar-refractivity contribution in [2.24, 2.45) is 5.92 Å². The maximum atomic E-state index is 10.6. The van der Waals surface area contributed by atoms with Gasteiger partial charge in [-0.2, -0.15) is 0 Å². The highest BCUT2D eigenvalue weighted by Gasteiger charge is 2.38. The second-order valence-electron chi connectivity index (χ2n) is 5.96. The van der Waals surface area contributed by atoms with Crippen LogP contribution in [0.4, 0.5) is 0 Å². The summed E-state index contributed by atoms with van der Waals surface area (Å²) < 4.78 is 6.15. The molecule has 3 nitrogen and oxygen atoms in total. The lowest BCUT2D eigenvalue weighted by atomic mass is 9.75. The summed E-state index contributed by atoms with van der Waals surface area (Å²) >= 11 is 3.49. The van der Waals surface area contributed by atoms with E-state index in [9.17, 15) is 10.2 Å². The van der Waals surface area contributed by atoms with Crippen LogP contribution in [-0.2, 0) is 6.42 Å². The Labute approximate surface area is 129 Å². The number of hydrogen-bond donors (Lipinski definition) is 2. The molecule has 0 aromatic heterocycles. The minimum atomic E-state index is -0.949. The largest absolute Gasteiger partial charge is 0.497 e. The molecule has 1 aromatic rings. The number of halogens is 1. The van der Waals surface area contributed by atoms with E-state index < -0.39 is 11.7 Å².